The van der Waals surface area contributed by atoms with Gasteiger partial charge in [0, 0.05) is 25.9 Å². The first kappa shape index (κ1) is 23.1. The summed E-state index contributed by atoms with van der Waals surface area (Å²) in [6.45, 7) is 0.121. The zero-order chi connectivity index (χ0) is 20.2. The summed E-state index contributed by atoms with van der Waals surface area (Å²) in [5.74, 6) is 0. The number of rotatable bonds is 13. The summed E-state index contributed by atoms with van der Waals surface area (Å²) >= 11 is 0. The van der Waals surface area contributed by atoms with Crippen LogP contribution in [0.3, 0.4) is 0 Å². The van der Waals surface area contributed by atoms with Crippen molar-refractivity contribution >= 4 is 20.0 Å². The number of hydrogen-bond donors (Lipinski definition) is 2. The van der Waals surface area contributed by atoms with Crippen molar-refractivity contribution in [2.24, 2.45) is 0 Å². The zero-order valence-corrected chi connectivity index (χ0v) is 16.6. The monoisotopic (exact) mass is 412 g/mol. The molecule has 0 fully saturated rings. The quantitative estimate of drug-likeness (QED) is 0.474. The van der Waals surface area contributed by atoms with Crippen LogP contribution in [0.2, 0.25) is 0 Å². The predicted molar refractivity (Wildman–Crippen MR) is 102 cm³/mol. The summed E-state index contributed by atoms with van der Waals surface area (Å²) < 4.78 is 53.7. The van der Waals surface area contributed by atoms with E-state index in [1.165, 1.54) is 12.1 Å². The van der Waals surface area contributed by atoms with Crippen LogP contribution in [0.25, 0.3) is 0 Å². The van der Waals surface area contributed by atoms with Crippen LogP contribution in [-0.4, -0.2) is 29.9 Å². The first-order valence-corrected chi connectivity index (χ1v) is 11.7. The lowest BCUT2D eigenvalue weighted by molar-refractivity contribution is 0.556. The third kappa shape index (κ3) is 8.06. The Balaban J connectivity index is 2.93. The largest absolute Gasteiger partial charge is 0.234 e. The Morgan fingerprint density at radius 2 is 1.22 bits per heavy atom. The van der Waals surface area contributed by atoms with E-state index in [0.717, 1.165) is 0 Å². The number of sulfonamides is 2. The van der Waals surface area contributed by atoms with Crippen LogP contribution in [0.5, 0.6) is 0 Å². The van der Waals surface area contributed by atoms with Gasteiger partial charge in [0.05, 0.1) is 12.1 Å². The molecule has 0 atom stereocenters. The second-order valence-electron chi connectivity index (χ2n) is 5.85. The molecule has 0 aliphatic heterocycles. The van der Waals surface area contributed by atoms with Gasteiger partial charge in [0.1, 0.15) is 0 Å². The summed E-state index contributed by atoms with van der Waals surface area (Å²) in [6.07, 6.45) is 2.56. The van der Waals surface area contributed by atoms with Crippen molar-refractivity contribution in [3.05, 3.63) is 35.9 Å². The summed E-state index contributed by atoms with van der Waals surface area (Å²) in [4.78, 5) is 0. The Bertz CT molecular complexity index is 802. The van der Waals surface area contributed by atoms with Gasteiger partial charge in [-0.05, 0) is 31.2 Å². The number of nitrogens with zero attached hydrogens (tertiary/aromatic N) is 2. The second kappa shape index (κ2) is 11.7. The van der Waals surface area contributed by atoms with Crippen LogP contribution in [0, 0.1) is 22.7 Å². The van der Waals surface area contributed by atoms with Crippen molar-refractivity contribution < 1.29 is 16.8 Å². The van der Waals surface area contributed by atoms with Gasteiger partial charge in [-0.25, -0.2) is 26.3 Å². The highest BCUT2D eigenvalue weighted by molar-refractivity contribution is 8.06. The molecule has 0 unspecified atom stereocenters. The Morgan fingerprint density at radius 1 is 0.778 bits per heavy atom. The highest BCUT2D eigenvalue weighted by Crippen LogP contribution is 2.27. The van der Waals surface area contributed by atoms with Crippen molar-refractivity contribution in [2.45, 2.75) is 43.1 Å². The van der Waals surface area contributed by atoms with Crippen LogP contribution in [0.15, 0.2) is 30.3 Å². The summed E-state index contributed by atoms with van der Waals surface area (Å²) in [6, 6.07) is 11.7. The molecule has 1 rings (SSSR count). The fourth-order valence-corrected chi connectivity index (χ4v) is 6.31. The van der Waals surface area contributed by atoms with E-state index >= 15 is 0 Å². The first-order valence-electron chi connectivity index (χ1n) is 8.61. The van der Waals surface area contributed by atoms with Gasteiger partial charge in [-0.2, -0.15) is 10.5 Å². The van der Waals surface area contributed by atoms with Crippen molar-refractivity contribution in [3.8, 4) is 12.1 Å². The van der Waals surface area contributed by atoms with Crippen molar-refractivity contribution in [1.29, 1.82) is 10.5 Å². The fourth-order valence-electron chi connectivity index (χ4n) is 2.37. The molecule has 0 bridgehead atoms. The molecule has 0 saturated carbocycles. The van der Waals surface area contributed by atoms with Crippen molar-refractivity contribution in [1.82, 2.24) is 9.44 Å². The zero-order valence-electron chi connectivity index (χ0n) is 15.0. The van der Waals surface area contributed by atoms with Crippen LogP contribution in [0.1, 0.15) is 48.7 Å². The van der Waals surface area contributed by atoms with Gasteiger partial charge in [0.25, 0.3) is 0 Å². The highest BCUT2D eigenvalue weighted by atomic mass is 32.3. The van der Waals surface area contributed by atoms with Gasteiger partial charge >= 0.3 is 0 Å². The molecule has 0 saturated heterocycles. The lowest BCUT2D eigenvalue weighted by Crippen LogP contribution is -2.39. The van der Waals surface area contributed by atoms with E-state index < -0.39 is 24.6 Å². The lowest BCUT2D eigenvalue weighted by Gasteiger charge is -2.19. The van der Waals surface area contributed by atoms with Gasteiger partial charge < -0.3 is 0 Å². The van der Waals surface area contributed by atoms with Crippen molar-refractivity contribution in [3.63, 3.8) is 0 Å². The van der Waals surface area contributed by atoms with E-state index in [2.05, 4.69) is 9.44 Å². The SMILES string of the molecule is N#CCCCCNS(=O)(=O)C(c1ccccc1)S(=O)(=O)NCCCCC#N. The third-order valence-electron chi connectivity index (χ3n) is 3.67. The van der Waals surface area contributed by atoms with Crippen LogP contribution >= 0.6 is 0 Å². The number of nitrogens with one attached hydrogen (secondary N) is 2. The van der Waals surface area contributed by atoms with E-state index in [4.69, 9.17) is 10.5 Å². The Hall–Kier alpha value is -1.98. The maximum Gasteiger partial charge on any atom is 0.234 e. The van der Waals surface area contributed by atoms with Gasteiger partial charge in [0.15, 0.2) is 0 Å². The summed E-state index contributed by atoms with van der Waals surface area (Å²) in [5, 5.41) is 17.0. The van der Waals surface area contributed by atoms with Crippen molar-refractivity contribution in [2.75, 3.05) is 13.1 Å². The summed E-state index contributed by atoms with van der Waals surface area (Å²) in [5.41, 5.74) is 0.145. The second-order valence-corrected chi connectivity index (χ2v) is 9.85. The normalized spacial score (nSPS) is 11.8. The fraction of sp³-hybridized carbons (Fsp3) is 0.529. The third-order valence-corrected chi connectivity index (χ3v) is 8.08. The molecule has 0 amide bonds. The minimum absolute atomic E-state index is 0.0606. The van der Waals surface area contributed by atoms with E-state index in [1.807, 2.05) is 12.1 Å². The molecular weight excluding hydrogens is 388 g/mol. The molecule has 148 valence electrons. The van der Waals surface area contributed by atoms with E-state index in [9.17, 15) is 16.8 Å². The topological polar surface area (TPSA) is 140 Å². The molecule has 1 aromatic rings. The molecule has 0 aromatic heterocycles. The van der Waals surface area contributed by atoms with Gasteiger partial charge in [-0.1, -0.05) is 30.3 Å². The maximum atomic E-state index is 12.7. The Morgan fingerprint density at radius 3 is 1.63 bits per heavy atom. The number of unbranched alkanes of at least 4 members (excludes halogenated alkanes) is 4. The van der Waals surface area contributed by atoms with E-state index in [0.29, 0.717) is 38.5 Å². The molecule has 2 N–H and O–H groups in total. The summed E-state index contributed by atoms with van der Waals surface area (Å²) in [7, 11) is -8.41. The average Bonchev–Trinajstić information content (AvgIpc) is 2.61. The lowest BCUT2D eigenvalue weighted by atomic mass is 10.2. The van der Waals surface area contributed by atoms with E-state index in [1.54, 1.807) is 18.2 Å². The average molecular weight is 413 g/mol. The predicted octanol–water partition coefficient (Wildman–Crippen LogP) is 1.91. The van der Waals surface area contributed by atoms with E-state index in [-0.39, 0.29) is 18.7 Å². The Kier molecular flexibility index (Phi) is 9.97. The number of nitriles is 2. The first-order chi connectivity index (χ1) is 12.8. The molecule has 0 aliphatic carbocycles. The maximum absolute atomic E-state index is 12.7. The van der Waals surface area contributed by atoms with Gasteiger partial charge in [-0.3, -0.25) is 0 Å². The van der Waals surface area contributed by atoms with Crippen LogP contribution in [-0.2, 0) is 20.0 Å². The molecule has 8 nitrogen and oxygen atoms in total. The molecule has 10 heteroatoms. The molecule has 0 spiro atoms. The molecular formula is C17H24N4O4S2. The molecule has 1 aromatic carbocycles. The van der Waals surface area contributed by atoms with Crippen LogP contribution in [0.4, 0.5) is 0 Å². The standard InChI is InChI=1S/C17H24N4O4S2/c18-12-6-2-8-14-20-26(22,23)17(16-10-4-1-5-11-16)27(24,25)21-15-9-3-7-13-19/h1,4-5,10-11,17,20-21H,2-3,6-9,14-15H2. The minimum Gasteiger partial charge on any atom is -0.214 e. The highest BCUT2D eigenvalue weighted by Gasteiger charge is 2.38. The molecule has 0 heterocycles. The number of hydrogen-bond acceptors (Lipinski definition) is 6. The Labute approximate surface area is 161 Å². The molecule has 27 heavy (non-hydrogen) atoms. The van der Waals surface area contributed by atoms with Gasteiger partial charge in [0.2, 0.25) is 24.6 Å². The van der Waals surface area contributed by atoms with Crippen LogP contribution < -0.4 is 9.44 Å². The van der Waals surface area contributed by atoms with Gasteiger partial charge in [-0.15, -0.1) is 0 Å². The smallest absolute Gasteiger partial charge is 0.214 e. The minimum atomic E-state index is -4.20. The molecule has 0 radical (unpaired) electrons. The molecule has 0 aliphatic rings. The number of benzene rings is 1.